The van der Waals surface area contributed by atoms with Crippen molar-refractivity contribution >= 4 is 41.0 Å². The van der Waals surface area contributed by atoms with E-state index in [1.54, 1.807) is 43.1 Å². The molecule has 6 aromatic carbocycles. The number of rotatable bonds is 23. The lowest BCUT2D eigenvalue weighted by Gasteiger charge is -2.44. The van der Waals surface area contributed by atoms with Crippen LogP contribution in [0.1, 0.15) is 94.0 Å². The van der Waals surface area contributed by atoms with Crippen LogP contribution in [0.25, 0.3) is 11.1 Å². The number of hydrogen-bond donors (Lipinski definition) is 2. The molecule has 16 nitrogen and oxygen atoms in total. The van der Waals surface area contributed by atoms with Gasteiger partial charge in [0.2, 0.25) is 5.91 Å². The van der Waals surface area contributed by atoms with Gasteiger partial charge in [0, 0.05) is 88.2 Å². The second-order valence-corrected chi connectivity index (χ2v) is 25.4. The van der Waals surface area contributed by atoms with E-state index >= 15 is 0 Å². The van der Waals surface area contributed by atoms with Gasteiger partial charge in [-0.1, -0.05) is 84.9 Å². The molecule has 3 heterocycles. The number of ether oxygens (including phenoxy) is 3. The molecule has 4 aliphatic rings. The average molecular weight is 1320 g/mol. The quantitative estimate of drug-likeness (QED) is 0.0586. The van der Waals surface area contributed by atoms with Crippen LogP contribution in [0.3, 0.4) is 0 Å². The van der Waals surface area contributed by atoms with Crippen LogP contribution in [0.2, 0.25) is 0 Å². The smallest absolute Gasteiger partial charge is 0.416 e. The fourth-order valence-corrected chi connectivity index (χ4v) is 13.7. The number of halogens is 7. The molecule has 3 fully saturated rings. The van der Waals surface area contributed by atoms with E-state index in [2.05, 4.69) is 32.6 Å². The Morgan fingerprint density at radius 3 is 2.02 bits per heavy atom. The zero-order valence-corrected chi connectivity index (χ0v) is 54.0. The van der Waals surface area contributed by atoms with Crippen LogP contribution in [0.15, 0.2) is 146 Å². The zero-order chi connectivity index (χ0) is 67.8. The molecule has 1 unspecified atom stereocenters. The monoisotopic (exact) mass is 1320 g/mol. The first-order valence-electron chi connectivity index (χ1n) is 32.1. The molecule has 95 heavy (non-hydrogen) atoms. The number of para-hydroxylation sites is 1. The highest BCUT2D eigenvalue weighted by Gasteiger charge is 2.50. The Kier molecular flexibility index (Phi) is 21.9. The van der Waals surface area contributed by atoms with E-state index < -0.39 is 76.7 Å². The van der Waals surface area contributed by atoms with Crippen LogP contribution in [0.5, 0.6) is 0 Å². The van der Waals surface area contributed by atoms with E-state index in [0.29, 0.717) is 120 Å². The third kappa shape index (κ3) is 16.4. The van der Waals surface area contributed by atoms with Crippen LogP contribution in [0.4, 0.5) is 46.9 Å². The molecule has 0 saturated carbocycles. The van der Waals surface area contributed by atoms with Crippen molar-refractivity contribution in [1.29, 1.82) is 0 Å². The minimum absolute atomic E-state index is 0.0104. The van der Waals surface area contributed by atoms with E-state index in [1.807, 2.05) is 97.7 Å². The molecule has 3 saturated heterocycles. The fourth-order valence-electron chi connectivity index (χ4n) is 13.7. The summed E-state index contributed by atoms with van der Waals surface area (Å²) in [6.07, 6.45) is -7.45. The fraction of sp³-hybridized carbons (Fsp3) is 0.431. The largest absolute Gasteiger partial charge is 0.446 e. The topological polar surface area (TPSA) is 157 Å². The van der Waals surface area contributed by atoms with Crippen molar-refractivity contribution in [2.24, 2.45) is 0 Å². The van der Waals surface area contributed by atoms with Crippen molar-refractivity contribution in [2.75, 3.05) is 111 Å². The lowest BCUT2D eigenvalue weighted by Crippen LogP contribution is -2.53. The van der Waals surface area contributed by atoms with Crippen LogP contribution in [-0.2, 0) is 53.6 Å². The van der Waals surface area contributed by atoms with Gasteiger partial charge in [-0.2, -0.15) is 26.3 Å². The summed E-state index contributed by atoms with van der Waals surface area (Å²) in [5.74, 6) is -2.01. The highest BCUT2D eigenvalue weighted by atomic mass is 19.4. The number of likely N-dealkylation sites (tertiary alicyclic amines) is 2. The lowest BCUT2D eigenvalue weighted by atomic mass is 9.72. The van der Waals surface area contributed by atoms with Gasteiger partial charge in [-0.15, -0.1) is 0 Å². The number of carbonyl (C=O) groups excluding carboxylic acids is 5. The van der Waals surface area contributed by atoms with Crippen molar-refractivity contribution in [3.8, 4) is 11.1 Å². The average Bonchev–Trinajstić information content (AvgIpc) is 1.53. The second-order valence-electron chi connectivity index (χ2n) is 25.4. The summed E-state index contributed by atoms with van der Waals surface area (Å²) >= 11 is 0. The summed E-state index contributed by atoms with van der Waals surface area (Å²) in [6, 6.07) is 38.0. The lowest BCUT2D eigenvalue weighted by molar-refractivity contribution is -0.143. The Morgan fingerprint density at radius 1 is 0.726 bits per heavy atom. The summed E-state index contributed by atoms with van der Waals surface area (Å²) in [4.78, 5) is 78.8. The van der Waals surface area contributed by atoms with Crippen LogP contribution in [0, 0.1) is 5.82 Å². The van der Waals surface area contributed by atoms with Crippen LogP contribution < -0.4 is 15.5 Å². The molecule has 2 N–H and O–H groups in total. The van der Waals surface area contributed by atoms with E-state index in [1.165, 1.54) is 24.3 Å². The van der Waals surface area contributed by atoms with Gasteiger partial charge in [0.15, 0.2) is 5.78 Å². The summed E-state index contributed by atoms with van der Waals surface area (Å²) in [7, 11) is 7.05. The molecule has 4 atom stereocenters. The minimum atomic E-state index is -5.15. The molecular weight excluding hydrogens is 1240 g/mol. The number of fused-ring (bicyclic) bond motifs is 2. The summed E-state index contributed by atoms with van der Waals surface area (Å²) in [5.41, 5.74) is 0.856. The number of Topliss-reactive ketones (excluding diaryl/α,β-unsaturated/α-hetero) is 1. The Balaban J connectivity index is 0.663. The second kappa shape index (κ2) is 29.8. The summed E-state index contributed by atoms with van der Waals surface area (Å²) in [6.45, 7) is 5.20. The molecule has 506 valence electrons. The number of amides is 4. The molecule has 0 radical (unpaired) electrons. The number of benzene rings is 6. The number of hydrogen-bond acceptors (Lipinski definition) is 12. The third-order valence-corrected chi connectivity index (χ3v) is 19.5. The van der Waals surface area contributed by atoms with Gasteiger partial charge < -0.3 is 48.9 Å². The number of carbonyl (C=O) groups is 5. The van der Waals surface area contributed by atoms with Crippen molar-refractivity contribution in [3.05, 3.63) is 190 Å². The van der Waals surface area contributed by atoms with E-state index in [-0.39, 0.29) is 55.4 Å². The van der Waals surface area contributed by atoms with Crippen molar-refractivity contribution in [1.82, 2.24) is 29.8 Å². The predicted molar refractivity (Wildman–Crippen MR) is 346 cm³/mol. The van der Waals surface area contributed by atoms with E-state index in [9.17, 15) is 54.7 Å². The van der Waals surface area contributed by atoms with Gasteiger partial charge in [-0.3, -0.25) is 24.5 Å². The van der Waals surface area contributed by atoms with Gasteiger partial charge in [-0.05, 0) is 155 Å². The van der Waals surface area contributed by atoms with Crippen LogP contribution in [-0.4, -0.2) is 179 Å². The Hall–Kier alpha value is -8.22. The summed E-state index contributed by atoms with van der Waals surface area (Å²) in [5, 5.41) is 6.13. The molecule has 23 heteroatoms. The minimum Gasteiger partial charge on any atom is -0.446 e. The van der Waals surface area contributed by atoms with Crippen LogP contribution >= 0.6 is 0 Å². The number of likely N-dealkylation sites (N-methyl/N-ethyl adjacent to an activating group) is 3. The van der Waals surface area contributed by atoms with Gasteiger partial charge in [-0.25, -0.2) is 9.18 Å². The Labute approximate surface area is 549 Å². The number of alkyl halides is 6. The zero-order valence-electron chi connectivity index (χ0n) is 54.0. The molecule has 3 aliphatic heterocycles. The van der Waals surface area contributed by atoms with Gasteiger partial charge in [0.25, 0.3) is 11.8 Å². The Bertz CT molecular complexity index is 3630. The molecule has 4 amide bonds. The number of nitrogens with zero attached hydrogens (tertiary/aromatic N) is 6. The molecule has 1 aliphatic carbocycles. The predicted octanol–water partition coefficient (Wildman–Crippen LogP) is 11.5. The van der Waals surface area contributed by atoms with Crippen molar-refractivity contribution in [3.63, 3.8) is 0 Å². The standard InChI is InChI=1S/C72H81F7N8O8/c1-48(65(89)62(80-2)44-86-35-28-58(29-36-86)95-68(92)81-61-19-12-10-17-59(61)49-14-7-6-8-15-49)84(5)57-26-20-50(21-27-57)66(90)83(4)34-13-33-82(3)64(88)45-93-63-42-51-16-9-11-18-60(51)69(63)30-37-85(38-31-69)39-32-70(53-22-24-56(73)25-23-53)46-87(47-94-70)67(91)52-40-54(71(74,75)76)43-55(41-52)72(77,78)79/h6-12,14-27,40-41,43,48,58,62-63,80H,13,28-39,42,44-47H2,1-5H3,(H,81,92)/t48-,62?,63-,70+/m0/s1. The molecule has 0 bridgehead atoms. The number of ketones is 1. The molecular formula is C72H81F7N8O8. The Morgan fingerprint density at radius 2 is 1.36 bits per heavy atom. The SMILES string of the molecule is CNC(CN1CCC(OC(=O)Nc2ccccc2-c2ccccc2)CC1)C(=O)[C@H](C)N(C)c1ccc(C(=O)N(C)CCCN(C)C(=O)CO[C@H]2Cc3ccccc3C23CCN(CC[C@]2(c4ccc(F)cc4)CN(C(=O)c4cc(C(F)(F)F)cc(C(F)(F)F)c4)CO2)CC3)cc1. The molecule has 0 aromatic heterocycles. The number of nitrogens with one attached hydrogen (secondary N) is 2. The highest BCUT2D eigenvalue weighted by molar-refractivity contribution is 5.96. The van der Waals surface area contributed by atoms with E-state index in [4.69, 9.17) is 14.2 Å². The van der Waals surface area contributed by atoms with Gasteiger partial charge in [0.1, 0.15) is 30.9 Å². The van der Waals surface area contributed by atoms with E-state index in [0.717, 1.165) is 32.8 Å². The highest BCUT2D eigenvalue weighted by Crippen LogP contribution is 2.49. The number of piperidine rings is 2. The normalized spacial score (nSPS) is 19.0. The molecule has 6 aromatic rings. The number of anilines is 2. The maximum absolute atomic E-state index is 14.3. The van der Waals surface area contributed by atoms with Gasteiger partial charge in [0.05, 0.1) is 41.5 Å². The van der Waals surface area contributed by atoms with Crippen molar-refractivity contribution < 1.29 is 68.9 Å². The van der Waals surface area contributed by atoms with Crippen molar-refractivity contribution in [2.45, 2.75) is 99.5 Å². The summed E-state index contributed by atoms with van der Waals surface area (Å²) < 4.78 is 116. The first-order valence-corrected chi connectivity index (χ1v) is 32.1. The maximum Gasteiger partial charge on any atom is 0.416 e. The van der Waals surface area contributed by atoms with Gasteiger partial charge >= 0.3 is 18.4 Å². The molecule has 10 rings (SSSR count). The molecule has 1 spiro atoms. The first-order chi connectivity index (χ1) is 45.3. The third-order valence-electron chi connectivity index (χ3n) is 19.5. The first kappa shape index (κ1) is 69.6. The maximum atomic E-state index is 14.3.